The van der Waals surface area contributed by atoms with Gasteiger partial charge in [0, 0.05) is 11.7 Å². The lowest BCUT2D eigenvalue weighted by molar-refractivity contribution is 0.630. The third kappa shape index (κ3) is 2.09. The summed E-state index contributed by atoms with van der Waals surface area (Å²) in [4.78, 5) is 0. The fourth-order valence-corrected chi connectivity index (χ4v) is 0.714. The Kier molecular flexibility index (Phi) is 1.66. The van der Waals surface area contributed by atoms with Crippen LogP contribution < -0.4 is 5.32 Å². The third-order valence-electron chi connectivity index (χ3n) is 1.00. The van der Waals surface area contributed by atoms with Gasteiger partial charge in [-0.05, 0) is 26.8 Å². The first-order chi connectivity index (χ1) is 4.58. The van der Waals surface area contributed by atoms with E-state index >= 15 is 0 Å². The molecule has 0 aromatic carbocycles. The Bertz CT molecular complexity index is 183. The minimum atomic E-state index is 0.0925. The molecule has 3 nitrogen and oxygen atoms in total. The van der Waals surface area contributed by atoms with Crippen LogP contribution in [-0.2, 0) is 0 Å². The lowest BCUT2D eigenvalue weighted by atomic mass is 10.1. The molecular formula is C7H13N3. The molecule has 10 heavy (non-hydrogen) atoms. The first kappa shape index (κ1) is 7.12. The van der Waals surface area contributed by atoms with E-state index in [-0.39, 0.29) is 5.54 Å². The molecule has 0 fully saturated rings. The number of hydrogen-bond donors (Lipinski definition) is 2. The van der Waals surface area contributed by atoms with Crippen molar-refractivity contribution in [3.05, 3.63) is 12.3 Å². The van der Waals surface area contributed by atoms with Gasteiger partial charge in [0.1, 0.15) is 5.82 Å². The lowest BCUT2D eigenvalue weighted by Crippen LogP contribution is -2.26. The topological polar surface area (TPSA) is 40.7 Å². The molecule has 2 N–H and O–H groups in total. The molecule has 0 saturated heterocycles. The Balaban J connectivity index is 2.57. The van der Waals surface area contributed by atoms with Crippen LogP contribution in [-0.4, -0.2) is 15.7 Å². The fraction of sp³-hybridized carbons (Fsp3) is 0.571. The highest BCUT2D eigenvalue weighted by molar-refractivity contribution is 5.34. The van der Waals surface area contributed by atoms with E-state index in [1.54, 1.807) is 6.20 Å². The van der Waals surface area contributed by atoms with Crippen LogP contribution in [0.5, 0.6) is 0 Å². The van der Waals surface area contributed by atoms with E-state index in [9.17, 15) is 0 Å². The molecular weight excluding hydrogens is 126 g/mol. The quantitative estimate of drug-likeness (QED) is 0.620. The standard InChI is InChI=1S/C7H13N3/c1-7(2,3)9-6-4-5-8-10-6/h4-5H,1-3H3,(H2,8,9,10). The summed E-state index contributed by atoms with van der Waals surface area (Å²) in [5.41, 5.74) is 0.0925. The molecule has 0 spiro atoms. The summed E-state index contributed by atoms with van der Waals surface area (Å²) in [6.45, 7) is 6.30. The van der Waals surface area contributed by atoms with Gasteiger partial charge in [0.15, 0.2) is 0 Å². The average molecular weight is 139 g/mol. The molecule has 1 rings (SSSR count). The maximum atomic E-state index is 3.97. The van der Waals surface area contributed by atoms with Crippen LogP contribution in [0.25, 0.3) is 0 Å². The molecule has 0 unspecified atom stereocenters. The average Bonchev–Trinajstić information content (AvgIpc) is 2.12. The van der Waals surface area contributed by atoms with Crippen LogP contribution >= 0.6 is 0 Å². The van der Waals surface area contributed by atoms with Crippen molar-refractivity contribution in [2.45, 2.75) is 26.3 Å². The zero-order chi connectivity index (χ0) is 7.61. The summed E-state index contributed by atoms with van der Waals surface area (Å²) in [7, 11) is 0. The largest absolute Gasteiger partial charge is 0.364 e. The normalized spacial score (nSPS) is 11.5. The zero-order valence-corrected chi connectivity index (χ0v) is 6.60. The molecule has 0 aliphatic heterocycles. The van der Waals surface area contributed by atoms with E-state index in [1.807, 2.05) is 6.07 Å². The van der Waals surface area contributed by atoms with E-state index in [0.717, 1.165) is 5.82 Å². The summed E-state index contributed by atoms with van der Waals surface area (Å²) >= 11 is 0. The summed E-state index contributed by atoms with van der Waals surface area (Å²) in [5.74, 6) is 0.896. The van der Waals surface area contributed by atoms with E-state index in [4.69, 9.17) is 0 Å². The molecule has 0 bridgehead atoms. The number of aromatic nitrogens is 2. The molecule has 1 heterocycles. The van der Waals surface area contributed by atoms with Crippen LogP contribution in [0.4, 0.5) is 5.82 Å². The summed E-state index contributed by atoms with van der Waals surface area (Å²) in [6, 6.07) is 1.91. The van der Waals surface area contributed by atoms with Crippen LogP contribution in [0.3, 0.4) is 0 Å². The van der Waals surface area contributed by atoms with Crippen molar-refractivity contribution in [2.24, 2.45) is 0 Å². The van der Waals surface area contributed by atoms with Crippen molar-refractivity contribution >= 4 is 5.82 Å². The van der Waals surface area contributed by atoms with Crippen molar-refractivity contribution in [3.63, 3.8) is 0 Å². The molecule has 0 aliphatic rings. The molecule has 0 saturated carbocycles. The highest BCUT2D eigenvalue weighted by Crippen LogP contribution is 2.09. The summed E-state index contributed by atoms with van der Waals surface area (Å²) in [6.07, 6.45) is 1.80. The maximum absolute atomic E-state index is 3.97. The molecule has 0 atom stereocenters. The Hall–Kier alpha value is -0.990. The number of aromatic amines is 1. The molecule has 3 heteroatoms. The highest BCUT2D eigenvalue weighted by Gasteiger charge is 2.09. The van der Waals surface area contributed by atoms with Gasteiger partial charge in [0.2, 0.25) is 0 Å². The van der Waals surface area contributed by atoms with Crippen LogP contribution in [0.2, 0.25) is 0 Å². The van der Waals surface area contributed by atoms with Crippen molar-refractivity contribution in [1.82, 2.24) is 10.2 Å². The second-order valence-electron chi connectivity index (χ2n) is 3.33. The molecule has 1 aromatic heterocycles. The van der Waals surface area contributed by atoms with Gasteiger partial charge in [0.25, 0.3) is 0 Å². The Morgan fingerprint density at radius 2 is 2.20 bits per heavy atom. The molecule has 1 aromatic rings. The number of H-pyrrole nitrogens is 1. The maximum Gasteiger partial charge on any atom is 0.148 e. The van der Waals surface area contributed by atoms with E-state index in [1.165, 1.54) is 0 Å². The second-order valence-corrected chi connectivity index (χ2v) is 3.33. The molecule has 0 aliphatic carbocycles. The summed E-state index contributed by atoms with van der Waals surface area (Å²) in [5, 5.41) is 9.92. The van der Waals surface area contributed by atoms with Crippen molar-refractivity contribution < 1.29 is 0 Å². The van der Waals surface area contributed by atoms with Gasteiger partial charge in [-0.2, -0.15) is 5.10 Å². The first-order valence-electron chi connectivity index (χ1n) is 3.36. The van der Waals surface area contributed by atoms with Gasteiger partial charge in [-0.15, -0.1) is 0 Å². The Morgan fingerprint density at radius 1 is 1.50 bits per heavy atom. The monoisotopic (exact) mass is 139 g/mol. The number of nitrogens with one attached hydrogen (secondary N) is 2. The number of anilines is 1. The first-order valence-corrected chi connectivity index (χ1v) is 3.36. The lowest BCUT2D eigenvalue weighted by Gasteiger charge is -2.19. The van der Waals surface area contributed by atoms with Crippen molar-refractivity contribution in [1.29, 1.82) is 0 Å². The smallest absolute Gasteiger partial charge is 0.148 e. The third-order valence-corrected chi connectivity index (χ3v) is 1.00. The Labute approximate surface area is 60.8 Å². The molecule has 56 valence electrons. The van der Waals surface area contributed by atoms with Gasteiger partial charge in [-0.1, -0.05) is 0 Å². The number of nitrogens with zero attached hydrogens (tertiary/aromatic N) is 1. The van der Waals surface area contributed by atoms with Gasteiger partial charge in [-0.25, -0.2) is 0 Å². The van der Waals surface area contributed by atoms with Gasteiger partial charge in [-0.3, -0.25) is 5.10 Å². The van der Waals surface area contributed by atoms with Crippen LogP contribution in [0.1, 0.15) is 20.8 Å². The second kappa shape index (κ2) is 2.33. The highest BCUT2D eigenvalue weighted by atomic mass is 15.2. The van der Waals surface area contributed by atoms with E-state index in [2.05, 4.69) is 36.3 Å². The van der Waals surface area contributed by atoms with Crippen LogP contribution in [0.15, 0.2) is 12.3 Å². The fourth-order valence-electron chi connectivity index (χ4n) is 0.714. The van der Waals surface area contributed by atoms with E-state index in [0.29, 0.717) is 0 Å². The minimum Gasteiger partial charge on any atom is -0.364 e. The number of hydrogen-bond acceptors (Lipinski definition) is 2. The SMILES string of the molecule is CC(C)(C)Nc1cc[nH]n1. The molecule has 0 radical (unpaired) electrons. The van der Waals surface area contributed by atoms with Crippen molar-refractivity contribution in [2.75, 3.05) is 5.32 Å². The predicted octanol–water partition coefficient (Wildman–Crippen LogP) is 1.62. The van der Waals surface area contributed by atoms with Gasteiger partial charge in [0.05, 0.1) is 0 Å². The van der Waals surface area contributed by atoms with Gasteiger partial charge < -0.3 is 5.32 Å². The van der Waals surface area contributed by atoms with E-state index < -0.39 is 0 Å². The van der Waals surface area contributed by atoms with Crippen LogP contribution in [0, 0.1) is 0 Å². The van der Waals surface area contributed by atoms with Crippen molar-refractivity contribution in [3.8, 4) is 0 Å². The van der Waals surface area contributed by atoms with Gasteiger partial charge >= 0.3 is 0 Å². The minimum absolute atomic E-state index is 0.0925. The predicted molar refractivity (Wildman–Crippen MR) is 42.0 cm³/mol. The molecule has 0 amide bonds. The number of rotatable bonds is 1. The Morgan fingerprint density at radius 3 is 2.60 bits per heavy atom. The zero-order valence-electron chi connectivity index (χ0n) is 6.60. The summed E-state index contributed by atoms with van der Waals surface area (Å²) < 4.78 is 0.